The Balaban J connectivity index is 1.88. The van der Waals surface area contributed by atoms with Crippen molar-refractivity contribution >= 4 is 11.8 Å². The zero-order chi connectivity index (χ0) is 15.1. The molecule has 4 heteroatoms. The van der Waals surface area contributed by atoms with Gasteiger partial charge in [0.1, 0.15) is 12.1 Å². The van der Waals surface area contributed by atoms with E-state index in [9.17, 15) is 9.59 Å². The van der Waals surface area contributed by atoms with Gasteiger partial charge < -0.3 is 9.80 Å². The number of rotatable bonds is 2. The van der Waals surface area contributed by atoms with Gasteiger partial charge in [0.15, 0.2) is 0 Å². The van der Waals surface area contributed by atoms with Gasteiger partial charge in [-0.15, -0.1) is 0 Å². The summed E-state index contributed by atoms with van der Waals surface area (Å²) in [6.45, 7) is 7.21. The minimum Gasteiger partial charge on any atom is -0.329 e. The fourth-order valence-corrected chi connectivity index (χ4v) is 3.41. The second kappa shape index (κ2) is 5.17. The van der Waals surface area contributed by atoms with E-state index in [-0.39, 0.29) is 23.9 Å². The van der Waals surface area contributed by atoms with Gasteiger partial charge >= 0.3 is 0 Å². The van der Waals surface area contributed by atoms with E-state index in [0.29, 0.717) is 6.54 Å². The number of benzene rings is 1. The molecule has 2 amide bonds. The fourth-order valence-electron chi connectivity index (χ4n) is 3.41. The van der Waals surface area contributed by atoms with Crippen molar-refractivity contribution in [1.29, 1.82) is 0 Å². The molecule has 0 N–H and O–H groups in total. The maximum Gasteiger partial charge on any atom is 0.246 e. The molecule has 3 rings (SSSR count). The molecule has 2 atom stereocenters. The van der Waals surface area contributed by atoms with Gasteiger partial charge in [-0.25, -0.2) is 0 Å². The van der Waals surface area contributed by atoms with Crippen LogP contribution in [0.15, 0.2) is 18.2 Å². The minimum atomic E-state index is -0.355. The number of carbonyl (C=O) groups is 2. The lowest BCUT2D eigenvalue weighted by molar-refractivity contribution is -0.159. The molecule has 0 spiro atoms. The number of hydrogen-bond acceptors (Lipinski definition) is 2. The van der Waals surface area contributed by atoms with Crippen molar-refractivity contribution in [3.63, 3.8) is 0 Å². The average Bonchev–Trinajstić information content (AvgIpc) is 2.94. The Morgan fingerprint density at radius 1 is 1.19 bits per heavy atom. The Morgan fingerprint density at radius 2 is 1.95 bits per heavy atom. The van der Waals surface area contributed by atoms with Gasteiger partial charge in [-0.05, 0) is 44.7 Å². The van der Waals surface area contributed by atoms with E-state index >= 15 is 0 Å². The van der Waals surface area contributed by atoms with Crippen LogP contribution in [0.3, 0.4) is 0 Å². The van der Waals surface area contributed by atoms with Crippen LogP contribution in [0.4, 0.5) is 0 Å². The molecule has 2 fully saturated rings. The number of nitrogens with zero attached hydrogens (tertiary/aromatic N) is 2. The van der Waals surface area contributed by atoms with Gasteiger partial charge in [-0.1, -0.05) is 23.8 Å². The Labute approximate surface area is 125 Å². The number of fused-ring (bicyclic) bond motifs is 1. The average molecular weight is 286 g/mol. The summed E-state index contributed by atoms with van der Waals surface area (Å²) in [7, 11) is 0. The van der Waals surface area contributed by atoms with Crippen LogP contribution in [-0.2, 0) is 16.1 Å². The molecule has 0 aromatic heterocycles. The van der Waals surface area contributed by atoms with E-state index in [1.54, 1.807) is 9.80 Å². The summed E-state index contributed by atoms with van der Waals surface area (Å²) in [5.41, 5.74) is 3.48. The number of aryl methyl sites for hydroxylation is 2. The molecule has 0 saturated carbocycles. The normalized spacial score (nSPS) is 25.5. The predicted octanol–water partition coefficient (Wildman–Crippen LogP) is 2.03. The highest BCUT2D eigenvalue weighted by Gasteiger charge is 2.45. The Bertz CT molecular complexity index is 596. The van der Waals surface area contributed by atoms with Crippen molar-refractivity contribution < 1.29 is 9.59 Å². The molecule has 4 nitrogen and oxygen atoms in total. The van der Waals surface area contributed by atoms with Crippen LogP contribution in [0.25, 0.3) is 0 Å². The summed E-state index contributed by atoms with van der Waals surface area (Å²) in [4.78, 5) is 28.7. The van der Waals surface area contributed by atoms with Crippen molar-refractivity contribution in [2.75, 3.05) is 6.54 Å². The van der Waals surface area contributed by atoms with Gasteiger partial charge in [-0.3, -0.25) is 9.59 Å². The van der Waals surface area contributed by atoms with E-state index in [1.165, 1.54) is 11.1 Å². The van der Waals surface area contributed by atoms with Crippen molar-refractivity contribution in [2.45, 2.75) is 52.2 Å². The lowest BCUT2D eigenvalue weighted by Crippen LogP contribution is -2.61. The van der Waals surface area contributed by atoms with Gasteiger partial charge in [0.25, 0.3) is 0 Å². The molecule has 1 aromatic rings. The fraction of sp³-hybridized carbons (Fsp3) is 0.529. The standard InChI is InChI=1S/C17H22N2O2/c1-11-6-7-12(2)14(9-11)10-19-13(3)16(20)18-8-4-5-15(18)17(19)21/h6-7,9,13,15H,4-5,8,10H2,1-3H3/t13-,15+/m0/s1. The third-order valence-corrected chi connectivity index (χ3v) is 4.77. The highest BCUT2D eigenvalue weighted by atomic mass is 16.2. The lowest BCUT2D eigenvalue weighted by Gasteiger charge is -2.41. The molecule has 2 aliphatic heterocycles. The molecule has 2 aliphatic rings. The van der Waals surface area contributed by atoms with E-state index in [0.717, 1.165) is 24.9 Å². The van der Waals surface area contributed by atoms with E-state index < -0.39 is 0 Å². The molecular formula is C17H22N2O2. The molecule has 21 heavy (non-hydrogen) atoms. The zero-order valence-electron chi connectivity index (χ0n) is 12.9. The van der Waals surface area contributed by atoms with Crippen LogP contribution in [0.5, 0.6) is 0 Å². The molecule has 1 aromatic carbocycles. The van der Waals surface area contributed by atoms with Crippen molar-refractivity contribution in [2.24, 2.45) is 0 Å². The first kappa shape index (κ1) is 14.1. The number of hydrogen-bond donors (Lipinski definition) is 0. The van der Waals surface area contributed by atoms with Gasteiger partial charge in [-0.2, -0.15) is 0 Å². The lowest BCUT2D eigenvalue weighted by atomic mass is 10.0. The summed E-state index contributed by atoms with van der Waals surface area (Å²) < 4.78 is 0. The maximum atomic E-state index is 12.7. The van der Waals surface area contributed by atoms with E-state index in [1.807, 2.05) is 13.8 Å². The van der Waals surface area contributed by atoms with Gasteiger partial charge in [0.2, 0.25) is 11.8 Å². The van der Waals surface area contributed by atoms with E-state index in [4.69, 9.17) is 0 Å². The first-order valence-electron chi connectivity index (χ1n) is 7.66. The Morgan fingerprint density at radius 3 is 2.71 bits per heavy atom. The first-order chi connectivity index (χ1) is 9.99. The van der Waals surface area contributed by atoms with Crippen LogP contribution < -0.4 is 0 Å². The summed E-state index contributed by atoms with van der Waals surface area (Å²) >= 11 is 0. The zero-order valence-corrected chi connectivity index (χ0v) is 12.9. The molecule has 2 saturated heterocycles. The van der Waals surface area contributed by atoms with Crippen LogP contribution in [0.2, 0.25) is 0 Å². The third kappa shape index (κ3) is 2.33. The third-order valence-electron chi connectivity index (χ3n) is 4.77. The monoisotopic (exact) mass is 286 g/mol. The number of carbonyl (C=O) groups excluding carboxylic acids is 2. The number of piperazine rings is 1. The topological polar surface area (TPSA) is 40.6 Å². The van der Waals surface area contributed by atoms with Crippen LogP contribution in [0.1, 0.15) is 36.5 Å². The molecule has 0 unspecified atom stereocenters. The summed E-state index contributed by atoms with van der Waals surface area (Å²) in [6.07, 6.45) is 1.74. The second-order valence-electron chi connectivity index (χ2n) is 6.26. The summed E-state index contributed by atoms with van der Waals surface area (Å²) in [5.74, 6) is 0.211. The van der Waals surface area contributed by atoms with Crippen LogP contribution in [-0.4, -0.2) is 40.2 Å². The molecule has 0 radical (unpaired) electrons. The van der Waals surface area contributed by atoms with Crippen LogP contribution >= 0.6 is 0 Å². The van der Waals surface area contributed by atoms with Crippen LogP contribution in [0, 0.1) is 13.8 Å². The molecule has 112 valence electrons. The summed E-state index contributed by atoms with van der Waals surface area (Å²) in [5, 5.41) is 0. The predicted molar refractivity (Wildman–Crippen MR) is 80.7 cm³/mol. The largest absolute Gasteiger partial charge is 0.329 e. The maximum absolute atomic E-state index is 12.7. The Hall–Kier alpha value is -1.84. The second-order valence-corrected chi connectivity index (χ2v) is 6.26. The van der Waals surface area contributed by atoms with Gasteiger partial charge in [0, 0.05) is 13.1 Å². The SMILES string of the molecule is Cc1ccc(C)c(CN2C(=O)[C@H]3CCCN3C(=O)[C@@H]2C)c1. The molecular weight excluding hydrogens is 264 g/mol. The summed E-state index contributed by atoms with van der Waals surface area (Å²) in [6, 6.07) is 5.68. The number of amides is 2. The van der Waals surface area contributed by atoms with Crippen molar-refractivity contribution in [3.8, 4) is 0 Å². The smallest absolute Gasteiger partial charge is 0.246 e. The first-order valence-corrected chi connectivity index (χ1v) is 7.66. The molecule has 0 aliphatic carbocycles. The molecule has 2 heterocycles. The highest BCUT2D eigenvalue weighted by Crippen LogP contribution is 2.28. The Kier molecular flexibility index (Phi) is 3.47. The molecule has 0 bridgehead atoms. The minimum absolute atomic E-state index is 0.0995. The quantitative estimate of drug-likeness (QED) is 0.834. The van der Waals surface area contributed by atoms with Gasteiger partial charge in [0.05, 0.1) is 0 Å². The van der Waals surface area contributed by atoms with Crippen molar-refractivity contribution in [3.05, 3.63) is 34.9 Å². The van der Waals surface area contributed by atoms with Crippen molar-refractivity contribution in [1.82, 2.24) is 9.80 Å². The van der Waals surface area contributed by atoms with E-state index in [2.05, 4.69) is 25.1 Å². The highest BCUT2D eigenvalue weighted by molar-refractivity contribution is 5.97.